The highest BCUT2D eigenvalue weighted by Gasteiger charge is 2.26. The summed E-state index contributed by atoms with van der Waals surface area (Å²) in [5.74, 6) is -1.03. The summed E-state index contributed by atoms with van der Waals surface area (Å²) in [6.07, 6.45) is 0. The molecule has 5 nitrogen and oxygen atoms in total. The van der Waals surface area contributed by atoms with Crippen LogP contribution in [0.4, 0.5) is 10.5 Å². The van der Waals surface area contributed by atoms with Gasteiger partial charge in [-0.2, -0.15) is 11.8 Å². The number of carbonyl (C=O) groups excluding carboxylic acids is 1. The van der Waals surface area contributed by atoms with Crippen molar-refractivity contribution in [2.24, 2.45) is 0 Å². The van der Waals surface area contributed by atoms with Crippen molar-refractivity contribution in [3.63, 3.8) is 0 Å². The molecule has 1 heterocycles. The predicted molar refractivity (Wildman–Crippen MR) is 85.2 cm³/mol. The third-order valence-corrected chi connectivity index (χ3v) is 4.66. The second-order valence-corrected chi connectivity index (χ2v) is 7.28. The maximum Gasteiger partial charge on any atom is 0.338 e. The minimum atomic E-state index is -1.03. The number of amides is 2. The fourth-order valence-corrected chi connectivity index (χ4v) is 3.92. The summed E-state index contributed by atoms with van der Waals surface area (Å²) in [6.45, 7) is 7.26. The Morgan fingerprint density at radius 2 is 1.90 bits per heavy atom. The van der Waals surface area contributed by atoms with Crippen LogP contribution in [-0.4, -0.2) is 45.6 Å². The Bertz CT molecular complexity index is 552. The maximum atomic E-state index is 12.4. The summed E-state index contributed by atoms with van der Waals surface area (Å²) in [4.78, 5) is 25.4. The van der Waals surface area contributed by atoms with Crippen LogP contribution >= 0.6 is 11.8 Å². The van der Waals surface area contributed by atoms with E-state index in [0.29, 0.717) is 34.8 Å². The first-order valence-electron chi connectivity index (χ1n) is 6.92. The molecular weight excluding hydrogens is 288 g/mol. The van der Waals surface area contributed by atoms with Gasteiger partial charge in [0.1, 0.15) is 0 Å². The zero-order chi connectivity index (χ0) is 15.6. The highest BCUT2D eigenvalue weighted by Crippen LogP contribution is 2.26. The molecule has 1 aromatic rings. The number of rotatable bonds is 2. The number of nitrogens with one attached hydrogen (secondary N) is 1. The van der Waals surface area contributed by atoms with Gasteiger partial charge in [-0.1, -0.05) is 26.0 Å². The van der Waals surface area contributed by atoms with E-state index in [-0.39, 0.29) is 11.6 Å². The van der Waals surface area contributed by atoms with Crippen molar-refractivity contribution in [2.75, 3.05) is 18.4 Å². The molecule has 2 N–H and O–H groups in total. The predicted octanol–water partition coefficient (Wildman–Crippen LogP) is 3.05. The van der Waals surface area contributed by atoms with Gasteiger partial charge >= 0.3 is 12.0 Å². The second kappa shape index (κ2) is 6.39. The summed E-state index contributed by atoms with van der Waals surface area (Å²) in [5, 5.41) is 12.8. The largest absolute Gasteiger partial charge is 0.478 e. The van der Waals surface area contributed by atoms with E-state index in [0.717, 1.165) is 0 Å². The Morgan fingerprint density at radius 1 is 1.29 bits per heavy atom. The zero-order valence-corrected chi connectivity index (χ0v) is 13.2. The number of hydrogen-bond acceptors (Lipinski definition) is 3. The van der Waals surface area contributed by atoms with Crippen LogP contribution in [-0.2, 0) is 0 Å². The average Bonchev–Trinajstić information content (AvgIpc) is 2.37. The van der Waals surface area contributed by atoms with Crippen molar-refractivity contribution >= 4 is 29.4 Å². The van der Waals surface area contributed by atoms with Gasteiger partial charge < -0.3 is 15.3 Å². The van der Waals surface area contributed by atoms with Crippen molar-refractivity contribution in [2.45, 2.75) is 31.3 Å². The van der Waals surface area contributed by atoms with Gasteiger partial charge in [-0.15, -0.1) is 0 Å². The fraction of sp³-hybridized carbons (Fsp3) is 0.467. The summed E-state index contributed by atoms with van der Waals surface area (Å²) in [6, 6.07) is 4.86. The van der Waals surface area contributed by atoms with Crippen molar-refractivity contribution in [1.82, 2.24) is 4.90 Å². The van der Waals surface area contributed by atoms with Crippen LogP contribution in [0.3, 0.4) is 0 Å². The van der Waals surface area contributed by atoms with E-state index in [9.17, 15) is 14.7 Å². The van der Waals surface area contributed by atoms with E-state index in [1.165, 1.54) is 0 Å². The number of carboxylic acids is 1. The summed E-state index contributed by atoms with van der Waals surface area (Å²) < 4.78 is 0. The number of carbonyl (C=O) groups is 2. The smallest absolute Gasteiger partial charge is 0.338 e. The fourth-order valence-electron chi connectivity index (χ4n) is 2.59. The molecule has 0 aromatic heterocycles. The van der Waals surface area contributed by atoms with Crippen molar-refractivity contribution < 1.29 is 14.7 Å². The number of hydrogen-bond donors (Lipinski definition) is 2. The molecular formula is C15H20N2O3S. The minimum Gasteiger partial charge on any atom is -0.478 e. The minimum absolute atomic E-state index is 0.151. The van der Waals surface area contributed by atoms with Crippen LogP contribution in [0.5, 0.6) is 0 Å². The molecule has 1 aliphatic rings. The van der Waals surface area contributed by atoms with E-state index in [1.807, 2.05) is 11.8 Å². The third-order valence-electron chi connectivity index (χ3n) is 3.44. The average molecular weight is 308 g/mol. The van der Waals surface area contributed by atoms with Crippen LogP contribution in [0, 0.1) is 6.92 Å². The first-order valence-corrected chi connectivity index (χ1v) is 7.87. The van der Waals surface area contributed by atoms with Crippen LogP contribution in [0.15, 0.2) is 18.2 Å². The Hall–Kier alpha value is -1.69. The van der Waals surface area contributed by atoms with Gasteiger partial charge in [0.2, 0.25) is 0 Å². The lowest BCUT2D eigenvalue weighted by atomic mass is 10.1. The molecule has 1 saturated heterocycles. The summed E-state index contributed by atoms with van der Waals surface area (Å²) in [7, 11) is 0. The second-order valence-electron chi connectivity index (χ2n) is 5.40. The maximum absolute atomic E-state index is 12.4. The number of aryl methyl sites for hydroxylation is 1. The number of urea groups is 1. The number of nitrogens with zero attached hydrogens (tertiary/aromatic N) is 1. The highest BCUT2D eigenvalue weighted by molar-refractivity contribution is 8.00. The summed E-state index contributed by atoms with van der Waals surface area (Å²) in [5.41, 5.74) is 1.14. The van der Waals surface area contributed by atoms with E-state index in [1.54, 1.807) is 30.0 Å². The molecule has 1 aromatic carbocycles. The van der Waals surface area contributed by atoms with Crippen molar-refractivity contribution in [3.8, 4) is 0 Å². The molecule has 2 amide bonds. The number of thioether (sulfide) groups is 1. The number of aromatic carboxylic acids is 1. The molecule has 2 atom stereocenters. The number of carboxylic acid groups (broad SMARTS) is 1. The molecule has 114 valence electrons. The van der Waals surface area contributed by atoms with Gasteiger partial charge in [-0.05, 0) is 18.6 Å². The van der Waals surface area contributed by atoms with Crippen LogP contribution < -0.4 is 5.32 Å². The lowest BCUT2D eigenvalue weighted by Crippen LogP contribution is -2.46. The Kier molecular flexibility index (Phi) is 4.77. The van der Waals surface area contributed by atoms with Gasteiger partial charge in [0.25, 0.3) is 0 Å². The Morgan fingerprint density at radius 3 is 2.48 bits per heavy atom. The summed E-state index contributed by atoms with van der Waals surface area (Å²) >= 11 is 1.86. The van der Waals surface area contributed by atoms with Crippen molar-refractivity contribution in [3.05, 3.63) is 29.3 Å². The molecule has 0 radical (unpaired) electrons. The molecule has 1 fully saturated rings. The van der Waals surface area contributed by atoms with Crippen LogP contribution in [0.25, 0.3) is 0 Å². The van der Waals surface area contributed by atoms with Gasteiger partial charge in [0.15, 0.2) is 0 Å². The standard InChI is InChI=1S/C15H20N2O3S/c1-9-5-4-6-12(13(9)14(18)19)16-15(20)17-7-10(2)21-11(3)8-17/h4-6,10-11H,7-8H2,1-3H3,(H,16,20)(H,18,19). The molecule has 21 heavy (non-hydrogen) atoms. The molecule has 0 aliphatic carbocycles. The normalized spacial score (nSPS) is 22.0. The van der Waals surface area contributed by atoms with Gasteiger partial charge in [-0.3, -0.25) is 0 Å². The molecule has 6 heteroatoms. The third kappa shape index (κ3) is 3.69. The molecule has 1 aliphatic heterocycles. The van der Waals surface area contributed by atoms with Crippen LogP contribution in [0.2, 0.25) is 0 Å². The lowest BCUT2D eigenvalue weighted by molar-refractivity contribution is 0.0697. The van der Waals surface area contributed by atoms with Gasteiger partial charge in [0.05, 0.1) is 11.3 Å². The van der Waals surface area contributed by atoms with E-state index < -0.39 is 5.97 Å². The quantitative estimate of drug-likeness (QED) is 0.881. The van der Waals surface area contributed by atoms with E-state index in [4.69, 9.17) is 0 Å². The molecule has 0 bridgehead atoms. The monoisotopic (exact) mass is 308 g/mol. The first kappa shape index (κ1) is 15.7. The molecule has 2 unspecified atom stereocenters. The van der Waals surface area contributed by atoms with E-state index >= 15 is 0 Å². The van der Waals surface area contributed by atoms with E-state index in [2.05, 4.69) is 19.2 Å². The molecule has 2 rings (SSSR count). The zero-order valence-electron chi connectivity index (χ0n) is 12.4. The van der Waals surface area contributed by atoms with Crippen LogP contribution in [0.1, 0.15) is 29.8 Å². The Labute approximate surface area is 128 Å². The lowest BCUT2D eigenvalue weighted by Gasteiger charge is -2.34. The Balaban J connectivity index is 2.16. The van der Waals surface area contributed by atoms with Gasteiger partial charge in [-0.25, -0.2) is 9.59 Å². The van der Waals surface area contributed by atoms with Gasteiger partial charge in [0, 0.05) is 23.6 Å². The topological polar surface area (TPSA) is 69.6 Å². The number of benzene rings is 1. The number of anilines is 1. The first-order chi connectivity index (χ1) is 9.88. The van der Waals surface area contributed by atoms with Crippen molar-refractivity contribution in [1.29, 1.82) is 0 Å². The SMILES string of the molecule is Cc1cccc(NC(=O)N2CC(C)SC(C)C2)c1C(=O)O. The molecule has 0 spiro atoms. The molecule has 0 saturated carbocycles. The highest BCUT2D eigenvalue weighted by atomic mass is 32.2.